The van der Waals surface area contributed by atoms with Gasteiger partial charge in [0, 0.05) is 31.7 Å². The summed E-state index contributed by atoms with van der Waals surface area (Å²) in [6, 6.07) is 49.5. The molecule has 0 aliphatic heterocycles. The van der Waals surface area contributed by atoms with E-state index in [1.54, 1.807) is 0 Å². The molecular weight excluding hydrogens is 937 g/mol. The van der Waals surface area contributed by atoms with Crippen LogP contribution in [0.4, 0.5) is 0 Å². The Morgan fingerprint density at radius 2 is 1.34 bits per heavy atom. The van der Waals surface area contributed by atoms with E-state index < -0.39 is 21.3 Å². The van der Waals surface area contributed by atoms with Crippen molar-refractivity contribution < 1.29 is 24.5 Å². The topological polar surface area (TPSA) is 38.9 Å². The van der Waals surface area contributed by atoms with Crippen molar-refractivity contribution in [1.82, 2.24) is 9.97 Å². The number of aryl methyl sites for hydroxylation is 1. The Kier molecular flexibility index (Phi) is 12.5. The molecule has 0 spiro atoms. The Morgan fingerprint density at radius 3 is 2.02 bits per heavy atom. The Bertz CT molecular complexity index is 2600. The standard InChI is InChI=1S/C29H28NOSi.C21H22GeN.Ir/c1-19(2)21-15-16-30-27(17-21)26-8-6-7-25-24-14-11-22(18-28(24)31-29(25)26)20-9-12-23(13-10-20)32(3,4)5;1-16-13-21(23-15-20(16)22(2,3)4)19-12-8-11-18(14-19)17-9-6-5-7-10-17;/h6-7,9-19H,1-5H3;5-11,13-15H,1-4H3;/q2*-1;. The zero-order valence-electron chi connectivity index (χ0n) is 33.9. The van der Waals surface area contributed by atoms with E-state index in [4.69, 9.17) is 9.40 Å². The van der Waals surface area contributed by atoms with Gasteiger partial charge in [0.05, 0.1) is 13.7 Å². The predicted octanol–water partition coefficient (Wildman–Crippen LogP) is 12.9. The number of hydrogen-bond donors (Lipinski definition) is 0. The first-order chi connectivity index (χ1) is 26.3. The SMILES string of the molecule is CC(C)c1ccnc(-c2[c-]ccc3c2oc2cc(-c4ccc([Si](C)(C)C)cc4)ccc23)c1.Cc1cc(-c2[c-]ccc(-c3ccccc3)c2)nc[c]1[Ge]([CH3])([CH3])[CH3].[Ir]. The Labute approximate surface area is 350 Å². The van der Waals surface area contributed by atoms with Crippen LogP contribution in [-0.4, -0.2) is 31.3 Å². The van der Waals surface area contributed by atoms with E-state index in [1.807, 2.05) is 24.4 Å². The van der Waals surface area contributed by atoms with Crippen LogP contribution in [0.3, 0.4) is 0 Å². The van der Waals surface area contributed by atoms with Crippen molar-refractivity contribution in [2.75, 3.05) is 0 Å². The van der Waals surface area contributed by atoms with Crippen LogP contribution in [0.25, 0.3) is 66.7 Å². The third-order valence-corrected chi connectivity index (χ3v) is 16.9. The van der Waals surface area contributed by atoms with Crippen molar-refractivity contribution in [3.8, 4) is 44.8 Å². The molecule has 285 valence electrons. The molecule has 8 aromatic rings. The quantitative estimate of drug-likeness (QED) is 0.118. The second-order valence-corrected chi connectivity index (χ2v) is 32.5. The third-order valence-electron chi connectivity index (χ3n) is 10.3. The molecular formula is C50H50GeIrN2OSi-2. The molecule has 0 saturated carbocycles. The summed E-state index contributed by atoms with van der Waals surface area (Å²) in [5.41, 5.74) is 13.1. The zero-order valence-corrected chi connectivity index (χ0v) is 39.4. The van der Waals surface area contributed by atoms with Crippen LogP contribution in [0, 0.1) is 19.1 Å². The third kappa shape index (κ3) is 9.08. The van der Waals surface area contributed by atoms with Crippen molar-refractivity contribution in [2.24, 2.45) is 0 Å². The number of fused-ring (bicyclic) bond motifs is 3. The molecule has 1 radical (unpaired) electrons. The molecule has 6 heteroatoms. The molecule has 0 bridgehead atoms. The minimum atomic E-state index is -1.85. The fourth-order valence-electron chi connectivity index (χ4n) is 7.13. The van der Waals surface area contributed by atoms with E-state index >= 15 is 0 Å². The largest absolute Gasteiger partial charge is 0 e. The van der Waals surface area contributed by atoms with Gasteiger partial charge in [0.15, 0.2) is 0 Å². The van der Waals surface area contributed by atoms with Crippen molar-refractivity contribution in [2.45, 2.75) is 63.6 Å². The van der Waals surface area contributed by atoms with Gasteiger partial charge in [0.25, 0.3) is 0 Å². The minimum absolute atomic E-state index is 0. The van der Waals surface area contributed by atoms with Gasteiger partial charge in [-0.25, -0.2) is 0 Å². The summed E-state index contributed by atoms with van der Waals surface area (Å²) in [4.78, 5) is 9.34. The summed E-state index contributed by atoms with van der Waals surface area (Å²) in [7, 11) is -1.30. The molecule has 0 unspecified atom stereocenters. The second kappa shape index (κ2) is 17.0. The predicted molar refractivity (Wildman–Crippen MR) is 240 cm³/mol. The number of rotatable bonds is 7. The van der Waals surface area contributed by atoms with E-state index in [0.717, 1.165) is 44.5 Å². The van der Waals surface area contributed by atoms with Crippen LogP contribution in [0.1, 0.15) is 30.9 Å². The smallest absolute Gasteiger partial charge is 0 e. The van der Waals surface area contributed by atoms with Gasteiger partial charge in [-0.2, -0.15) is 0 Å². The fraction of sp³-hybridized carbons (Fsp3) is 0.200. The van der Waals surface area contributed by atoms with Crippen LogP contribution < -0.4 is 9.58 Å². The summed E-state index contributed by atoms with van der Waals surface area (Å²) in [5.74, 6) is 7.67. The maximum absolute atomic E-state index is 6.41. The first-order valence-electron chi connectivity index (χ1n) is 19.2. The number of pyridine rings is 2. The van der Waals surface area contributed by atoms with Crippen LogP contribution in [0.2, 0.25) is 36.9 Å². The Morgan fingerprint density at radius 1 is 0.661 bits per heavy atom. The zero-order chi connectivity index (χ0) is 38.9. The van der Waals surface area contributed by atoms with E-state index in [1.165, 1.54) is 43.0 Å². The molecule has 8 rings (SSSR count). The van der Waals surface area contributed by atoms with Gasteiger partial charge < -0.3 is 9.40 Å². The monoisotopic (exact) mass is 989 g/mol. The Hall–Kier alpha value is -4.39. The number of nitrogens with zero attached hydrogens (tertiary/aromatic N) is 2. The number of aromatic nitrogens is 2. The van der Waals surface area contributed by atoms with E-state index in [-0.39, 0.29) is 20.1 Å². The molecule has 56 heavy (non-hydrogen) atoms. The summed E-state index contributed by atoms with van der Waals surface area (Å²) >= 11 is -1.85. The van der Waals surface area contributed by atoms with Crippen LogP contribution in [0.15, 0.2) is 138 Å². The molecule has 3 nitrogen and oxygen atoms in total. The van der Waals surface area contributed by atoms with Crippen molar-refractivity contribution in [3.05, 3.63) is 157 Å². The molecule has 0 amide bonds. The maximum Gasteiger partial charge on any atom is 0 e. The molecule has 0 fully saturated rings. The van der Waals surface area contributed by atoms with Gasteiger partial charge in [-0.1, -0.05) is 97.7 Å². The maximum atomic E-state index is 6.41. The molecule has 3 heterocycles. The average molecular weight is 988 g/mol. The molecule has 0 atom stereocenters. The van der Waals surface area contributed by atoms with Gasteiger partial charge in [0.1, 0.15) is 5.58 Å². The average Bonchev–Trinajstić information content (AvgIpc) is 3.56. The normalized spacial score (nSPS) is 11.7. The van der Waals surface area contributed by atoms with Crippen LogP contribution in [-0.2, 0) is 20.1 Å². The summed E-state index contributed by atoms with van der Waals surface area (Å²) < 4.78 is 7.89. The number of hydrogen-bond acceptors (Lipinski definition) is 3. The molecule has 0 saturated heterocycles. The van der Waals surface area contributed by atoms with Gasteiger partial charge >= 0.3 is 142 Å². The molecule has 0 aliphatic carbocycles. The van der Waals surface area contributed by atoms with E-state index in [2.05, 4.69) is 184 Å². The minimum Gasteiger partial charge on any atom is 0 e. The second-order valence-electron chi connectivity index (χ2n) is 16.9. The van der Waals surface area contributed by atoms with Crippen molar-refractivity contribution in [3.63, 3.8) is 0 Å². The number of furan rings is 1. The molecule has 0 aliphatic rings. The molecule has 0 N–H and O–H groups in total. The summed E-state index contributed by atoms with van der Waals surface area (Å²) in [6.07, 6.45) is 3.97. The molecule has 5 aromatic carbocycles. The number of benzene rings is 5. The summed E-state index contributed by atoms with van der Waals surface area (Å²) in [5, 5.41) is 3.70. The van der Waals surface area contributed by atoms with Gasteiger partial charge in [-0.15, -0.1) is 18.2 Å². The van der Waals surface area contributed by atoms with E-state index in [0.29, 0.717) is 5.92 Å². The van der Waals surface area contributed by atoms with Gasteiger partial charge in [-0.05, 0) is 34.9 Å². The van der Waals surface area contributed by atoms with Gasteiger partial charge in [0.2, 0.25) is 0 Å². The first-order valence-corrected chi connectivity index (χ1v) is 30.1. The fourth-order valence-corrected chi connectivity index (χ4v) is 11.9. The van der Waals surface area contributed by atoms with Crippen LogP contribution in [0.5, 0.6) is 0 Å². The summed E-state index contributed by atoms with van der Waals surface area (Å²) in [6.45, 7) is 13.7. The first kappa shape index (κ1) is 41.2. The van der Waals surface area contributed by atoms with E-state index in [9.17, 15) is 0 Å². The van der Waals surface area contributed by atoms with Gasteiger partial charge in [-0.3, -0.25) is 0 Å². The van der Waals surface area contributed by atoms with Crippen LogP contribution >= 0.6 is 0 Å². The Balaban J connectivity index is 0.000000197. The van der Waals surface area contributed by atoms with Crippen molar-refractivity contribution in [1.29, 1.82) is 0 Å². The van der Waals surface area contributed by atoms with Crippen molar-refractivity contribution >= 4 is 52.9 Å². The molecule has 3 aromatic heterocycles.